The highest BCUT2D eigenvalue weighted by atomic mass is 32.2. The number of aromatic nitrogens is 2. The van der Waals surface area contributed by atoms with Crippen molar-refractivity contribution in [2.75, 3.05) is 18.1 Å². The van der Waals surface area contributed by atoms with Crippen LogP contribution in [-0.4, -0.2) is 58.5 Å². The van der Waals surface area contributed by atoms with Crippen LogP contribution in [0.5, 0.6) is 0 Å². The number of rotatable bonds is 4. The Labute approximate surface area is 117 Å². The Bertz CT molecular complexity index is 602. The highest BCUT2D eigenvalue weighted by molar-refractivity contribution is 7.91. The number of aryl methyl sites for hydroxylation is 1. The van der Waals surface area contributed by atoms with E-state index in [4.69, 9.17) is 5.11 Å². The van der Waals surface area contributed by atoms with Crippen molar-refractivity contribution in [3.8, 4) is 0 Å². The number of sulfone groups is 1. The van der Waals surface area contributed by atoms with Gasteiger partial charge in [-0.05, 0) is 13.0 Å². The molecule has 1 fully saturated rings. The summed E-state index contributed by atoms with van der Waals surface area (Å²) in [7, 11) is -3.15. The van der Waals surface area contributed by atoms with Crippen LogP contribution in [0.4, 0.5) is 0 Å². The molecule has 1 unspecified atom stereocenters. The molecule has 2 heterocycles. The summed E-state index contributed by atoms with van der Waals surface area (Å²) in [4.78, 5) is 21.0. The molecule has 0 spiro atoms. The van der Waals surface area contributed by atoms with Crippen LogP contribution >= 0.6 is 0 Å². The molecule has 1 saturated heterocycles. The second-order valence-corrected chi connectivity index (χ2v) is 7.16. The Hall–Kier alpha value is -1.54. The monoisotopic (exact) mass is 299 g/mol. The number of carboxylic acids is 1. The summed E-state index contributed by atoms with van der Waals surface area (Å²) in [6.45, 7) is 2.55. The first-order chi connectivity index (χ1) is 9.35. The van der Waals surface area contributed by atoms with E-state index < -0.39 is 21.8 Å². The van der Waals surface area contributed by atoms with E-state index in [-0.39, 0.29) is 17.9 Å². The van der Waals surface area contributed by atoms with Crippen molar-refractivity contribution < 1.29 is 18.3 Å². The number of hydrogen-bond donors (Lipinski definition) is 1. The predicted octanol–water partition coefficient (Wildman–Crippen LogP) is -0.141. The van der Waals surface area contributed by atoms with E-state index >= 15 is 0 Å². The fourth-order valence-corrected chi connectivity index (χ4v) is 3.91. The largest absolute Gasteiger partial charge is 0.481 e. The molecule has 7 nitrogen and oxygen atoms in total. The van der Waals surface area contributed by atoms with Crippen LogP contribution in [0.25, 0.3) is 0 Å². The van der Waals surface area contributed by atoms with E-state index in [1.807, 2.05) is 4.90 Å². The topological polar surface area (TPSA) is 100 Å². The lowest BCUT2D eigenvalue weighted by Crippen LogP contribution is -2.48. The minimum absolute atomic E-state index is 0.0627. The molecule has 1 aromatic heterocycles. The quantitative estimate of drug-likeness (QED) is 0.825. The summed E-state index contributed by atoms with van der Waals surface area (Å²) in [5.41, 5.74) is 0.771. The number of hydrogen-bond acceptors (Lipinski definition) is 6. The fourth-order valence-electron chi connectivity index (χ4n) is 2.32. The molecule has 0 aromatic carbocycles. The molecule has 20 heavy (non-hydrogen) atoms. The van der Waals surface area contributed by atoms with Gasteiger partial charge in [-0.25, -0.2) is 18.4 Å². The van der Waals surface area contributed by atoms with Crippen LogP contribution in [0.3, 0.4) is 0 Å². The van der Waals surface area contributed by atoms with Gasteiger partial charge in [0.25, 0.3) is 0 Å². The van der Waals surface area contributed by atoms with Gasteiger partial charge in [0.05, 0.1) is 23.6 Å². The highest BCUT2D eigenvalue weighted by Crippen LogP contribution is 2.17. The van der Waals surface area contributed by atoms with E-state index in [9.17, 15) is 13.2 Å². The Balaban J connectivity index is 2.13. The Morgan fingerprint density at radius 3 is 2.95 bits per heavy atom. The van der Waals surface area contributed by atoms with Gasteiger partial charge >= 0.3 is 5.97 Å². The predicted molar refractivity (Wildman–Crippen MR) is 71.9 cm³/mol. The molecule has 0 radical (unpaired) electrons. The number of carbonyl (C=O) groups is 1. The third-order valence-electron chi connectivity index (χ3n) is 3.26. The van der Waals surface area contributed by atoms with Crippen molar-refractivity contribution >= 4 is 15.8 Å². The van der Waals surface area contributed by atoms with Gasteiger partial charge in [-0.15, -0.1) is 0 Å². The van der Waals surface area contributed by atoms with Gasteiger partial charge in [0.2, 0.25) is 0 Å². The van der Waals surface area contributed by atoms with E-state index in [1.165, 1.54) is 0 Å². The first kappa shape index (κ1) is 14.9. The maximum atomic E-state index is 11.6. The Morgan fingerprint density at radius 1 is 1.55 bits per heavy atom. The second-order valence-electron chi connectivity index (χ2n) is 4.93. The fraction of sp³-hybridized carbons (Fsp3) is 0.583. The van der Waals surface area contributed by atoms with Gasteiger partial charge in [-0.2, -0.15) is 0 Å². The Morgan fingerprint density at radius 2 is 2.30 bits per heavy atom. The molecule has 1 atom stereocenters. The zero-order valence-electron chi connectivity index (χ0n) is 11.2. The van der Waals surface area contributed by atoms with Crippen molar-refractivity contribution in [1.29, 1.82) is 0 Å². The molecule has 1 aliphatic heterocycles. The van der Waals surface area contributed by atoms with Gasteiger partial charge in [0, 0.05) is 25.3 Å². The van der Waals surface area contributed by atoms with Gasteiger partial charge in [-0.3, -0.25) is 9.69 Å². The van der Waals surface area contributed by atoms with Crippen molar-refractivity contribution in [2.24, 2.45) is 0 Å². The lowest BCUT2D eigenvalue weighted by atomic mass is 10.2. The average molecular weight is 299 g/mol. The third kappa shape index (κ3) is 3.97. The molecule has 1 aliphatic rings. The first-order valence-corrected chi connectivity index (χ1v) is 8.13. The molecule has 8 heteroatoms. The molecule has 1 aromatic rings. The summed E-state index contributed by atoms with van der Waals surface area (Å²) in [5.74, 6) is -0.394. The maximum Gasteiger partial charge on any atom is 0.304 e. The van der Waals surface area contributed by atoms with Crippen molar-refractivity contribution in [3.63, 3.8) is 0 Å². The van der Waals surface area contributed by atoms with Crippen molar-refractivity contribution in [2.45, 2.75) is 25.9 Å². The summed E-state index contributed by atoms with van der Waals surface area (Å²) >= 11 is 0. The van der Waals surface area contributed by atoms with Crippen LogP contribution in [0.1, 0.15) is 17.9 Å². The van der Waals surface area contributed by atoms with Crippen LogP contribution in [0, 0.1) is 6.92 Å². The second kappa shape index (κ2) is 5.84. The number of aliphatic carboxylic acids is 1. The molecule has 0 saturated carbocycles. The molecule has 110 valence electrons. The SMILES string of the molecule is Cc1nccc(CN2CCS(=O)(=O)CC2CC(=O)O)n1. The van der Waals surface area contributed by atoms with Crippen molar-refractivity contribution in [1.82, 2.24) is 14.9 Å². The summed E-state index contributed by atoms with van der Waals surface area (Å²) < 4.78 is 23.3. The first-order valence-electron chi connectivity index (χ1n) is 6.30. The number of carboxylic acid groups (broad SMARTS) is 1. The van der Waals surface area contributed by atoms with Gasteiger partial charge in [0.15, 0.2) is 9.84 Å². The minimum Gasteiger partial charge on any atom is -0.481 e. The molecular weight excluding hydrogens is 282 g/mol. The zero-order chi connectivity index (χ0) is 14.8. The molecule has 2 rings (SSSR count). The summed E-state index contributed by atoms with van der Waals surface area (Å²) in [5, 5.41) is 8.92. The maximum absolute atomic E-state index is 11.6. The van der Waals surface area contributed by atoms with Crippen LogP contribution in [0.15, 0.2) is 12.3 Å². The standard InChI is InChI=1S/C12H17N3O4S/c1-9-13-3-2-10(14-9)7-15-4-5-20(18,19)8-11(15)6-12(16)17/h2-3,11H,4-8H2,1H3,(H,16,17). The number of nitrogens with zero attached hydrogens (tertiary/aromatic N) is 3. The third-order valence-corrected chi connectivity index (χ3v) is 4.96. The van der Waals surface area contributed by atoms with Crippen LogP contribution in [-0.2, 0) is 21.2 Å². The zero-order valence-corrected chi connectivity index (χ0v) is 12.0. The van der Waals surface area contributed by atoms with E-state index in [2.05, 4.69) is 9.97 Å². The molecule has 0 amide bonds. The lowest BCUT2D eigenvalue weighted by Gasteiger charge is -2.34. The smallest absolute Gasteiger partial charge is 0.304 e. The Kier molecular flexibility index (Phi) is 4.34. The minimum atomic E-state index is -3.15. The molecule has 0 aliphatic carbocycles. The van der Waals surface area contributed by atoms with Gasteiger partial charge in [-0.1, -0.05) is 0 Å². The van der Waals surface area contributed by atoms with Gasteiger partial charge in [0.1, 0.15) is 5.82 Å². The van der Waals surface area contributed by atoms with E-state index in [0.29, 0.717) is 18.9 Å². The summed E-state index contributed by atoms with van der Waals surface area (Å²) in [6.07, 6.45) is 1.47. The van der Waals surface area contributed by atoms with Crippen LogP contribution < -0.4 is 0 Å². The molecule has 1 N–H and O–H groups in total. The lowest BCUT2D eigenvalue weighted by molar-refractivity contribution is -0.138. The van der Waals surface area contributed by atoms with E-state index in [0.717, 1.165) is 5.69 Å². The molecular formula is C12H17N3O4S. The van der Waals surface area contributed by atoms with Crippen LogP contribution in [0.2, 0.25) is 0 Å². The highest BCUT2D eigenvalue weighted by Gasteiger charge is 2.32. The average Bonchev–Trinajstić information content (AvgIpc) is 2.31. The normalized spacial score (nSPS) is 22.6. The van der Waals surface area contributed by atoms with Crippen molar-refractivity contribution in [3.05, 3.63) is 23.8 Å². The van der Waals surface area contributed by atoms with Gasteiger partial charge < -0.3 is 5.11 Å². The van der Waals surface area contributed by atoms with E-state index in [1.54, 1.807) is 19.2 Å². The molecule has 0 bridgehead atoms. The summed E-state index contributed by atoms with van der Waals surface area (Å²) in [6, 6.07) is 1.26.